The van der Waals surface area contributed by atoms with Gasteiger partial charge in [-0.1, -0.05) is 13.8 Å². The second-order valence-electron chi connectivity index (χ2n) is 4.72. The van der Waals surface area contributed by atoms with Crippen LogP contribution in [0.15, 0.2) is 0 Å². The molecule has 0 bridgehead atoms. The van der Waals surface area contributed by atoms with Crippen LogP contribution < -0.4 is 0 Å². The summed E-state index contributed by atoms with van der Waals surface area (Å²) in [4.78, 5) is 11.9. The van der Waals surface area contributed by atoms with E-state index in [1.54, 1.807) is 20.8 Å². The molecule has 0 aromatic heterocycles. The Kier molecular flexibility index (Phi) is 4.38. The molecule has 0 aromatic carbocycles. The first-order chi connectivity index (χ1) is 8.34. The molecule has 1 aliphatic carbocycles. The molecule has 1 fully saturated rings. The minimum Gasteiger partial charge on any atom is -0.465 e. The summed E-state index contributed by atoms with van der Waals surface area (Å²) >= 11 is 0. The number of esters is 1. The van der Waals surface area contributed by atoms with Gasteiger partial charge >= 0.3 is 5.97 Å². The van der Waals surface area contributed by atoms with E-state index in [2.05, 4.69) is 0 Å². The molecular weight excluding hydrogens is 254 g/mol. The van der Waals surface area contributed by atoms with E-state index < -0.39 is 26.5 Å². The molecule has 1 saturated carbocycles. The molecule has 0 heterocycles. The van der Waals surface area contributed by atoms with Crippen LogP contribution in [0.5, 0.6) is 0 Å². The maximum Gasteiger partial charge on any atom is 0.326 e. The predicted molar refractivity (Wildman–Crippen MR) is 66.3 cm³/mol. The van der Waals surface area contributed by atoms with Gasteiger partial charge < -0.3 is 4.74 Å². The van der Waals surface area contributed by atoms with Gasteiger partial charge in [0.2, 0.25) is 0 Å². The normalized spacial score (nSPS) is 31.9. The van der Waals surface area contributed by atoms with Crippen molar-refractivity contribution in [2.45, 2.75) is 38.9 Å². The lowest BCUT2D eigenvalue weighted by molar-refractivity contribution is -0.153. The molecule has 5 nitrogen and oxygen atoms in total. The van der Waals surface area contributed by atoms with Gasteiger partial charge in [0.1, 0.15) is 0 Å². The average molecular weight is 273 g/mol. The van der Waals surface area contributed by atoms with Gasteiger partial charge in [0, 0.05) is 5.75 Å². The van der Waals surface area contributed by atoms with Gasteiger partial charge in [-0.15, -0.1) is 0 Å². The largest absolute Gasteiger partial charge is 0.465 e. The molecule has 0 aliphatic heterocycles. The fourth-order valence-electron chi connectivity index (χ4n) is 2.49. The molecule has 18 heavy (non-hydrogen) atoms. The van der Waals surface area contributed by atoms with Crippen LogP contribution in [0.2, 0.25) is 0 Å². The van der Waals surface area contributed by atoms with Crippen molar-refractivity contribution in [1.29, 1.82) is 5.26 Å². The second kappa shape index (κ2) is 5.27. The Balaban J connectivity index is 3.05. The fraction of sp³-hybridized carbons (Fsp3) is 0.833. The first kappa shape index (κ1) is 15.0. The van der Waals surface area contributed by atoms with Gasteiger partial charge in [0.25, 0.3) is 0 Å². The number of hydrogen-bond acceptors (Lipinski definition) is 5. The van der Waals surface area contributed by atoms with Crippen molar-refractivity contribution in [2.24, 2.45) is 11.3 Å². The first-order valence-corrected chi connectivity index (χ1v) is 7.85. The quantitative estimate of drug-likeness (QED) is 0.721. The topological polar surface area (TPSA) is 84.2 Å². The Labute approximate surface area is 108 Å². The van der Waals surface area contributed by atoms with Crippen LogP contribution in [-0.4, -0.2) is 32.0 Å². The smallest absolute Gasteiger partial charge is 0.326 e. The summed E-state index contributed by atoms with van der Waals surface area (Å²) in [7, 11) is -3.22. The minimum absolute atomic E-state index is 0.0364. The van der Waals surface area contributed by atoms with Crippen molar-refractivity contribution in [2.75, 3.05) is 12.4 Å². The summed E-state index contributed by atoms with van der Waals surface area (Å²) in [6, 6.07) is 2.00. The summed E-state index contributed by atoms with van der Waals surface area (Å²) in [6.07, 6.45) is 0.405. The minimum atomic E-state index is -3.22. The van der Waals surface area contributed by atoms with E-state index in [1.807, 2.05) is 6.07 Å². The third-order valence-electron chi connectivity index (χ3n) is 3.76. The van der Waals surface area contributed by atoms with Crippen LogP contribution in [0.1, 0.15) is 33.6 Å². The van der Waals surface area contributed by atoms with Crippen molar-refractivity contribution in [3.63, 3.8) is 0 Å². The van der Waals surface area contributed by atoms with E-state index in [1.165, 1.54) is 0 Å². The Hall–Kier alpha value is -1.09. The van der Waals surface area contributed by atoms with E-state index >= 15 is 0 Å². The van der Waals surface area contributed by atoms with Crippen molar-refractivity contribution in [3.8, 4) is 6.07 Å². The van der Waals surface area contributed by atoms with Crippen molar-refractivity contribution < 1.29 is 17.9 Å². The van der Waals surface area contributed by atoms with Crippen LogP contribution in [0.3, 0.4) is 0 Å². The lowest BCUT2D eigenvalue weighted by Crippen LogP contribution is -2.34. The average Bonchev–Trinajstić information content (AvgIpc) is 2.68. The molecule has 0 radical (unpaired) electrons. The van der Waals surface area contributed by atoms with E-state index in [4.69, 9.17) is 4.74 Å². The summed E-state index contributed by atoms with van der Waals surface area (Å²) in [5.41, 5.74) is -1.30. The maximum absolute atomic E-state index is 11.9. The molecule has 0 spiro atoms. The number of rotatable bonds is 4. The molecule has 1 rings (SSSR count). The molecule has 0 N–H and O–H groups in total. The highest BCUT2D eigenvalue weighted by Crippen LogP contribution is 2.46. The van der Waals surface area contributed by atoms with Gasteiger partial charge in [-0.3, -0.25) is 4.79 Å². The standard InChI is InChI=1S/C12H19NO4S/c1-4-17-11(14)12(8-13)7-10(6-9(12)3)18(15,16)5-2/h9-10H,4-7H2,1-3H3/t9-,10-,12+/m1/s1. The fourth-order valence-corrected chi connectivity index (χ4v) is 4.06. The third-order valence-corrected chi connectivity index (χ3v) is 5.94. The van der Waals surface area contributed by atoms with Crippen molar-refractivity contribution in [1.82, 2.24) is 0 Å². The molecule has 6 heteroatoms. The molecular formula is C12H19NO4S. The monoisotopic (exact) mass is 273 g/mol. The number of carbonyl (C=O) groups is 1. The molecule has 0 saturated heterocycles. The number of carbonyl (C=O) groups excluding carboxylic acids is 1. The van der Waals surface area contributed by atoms with E-state index in [-0.39, 0.29) is 24.7 Å². The highest BCUT2D eigenvalue weighted by Gasteiger charge is 2.55. The number of nitrogens with zero attached hydrogens (tertiary/aromatic N) is 1. The number of sulfone groups is 1. The lowest BCUT2D eigenvalue weighted by Gasteiger charge is -2.22. The van der Waals surface area contributed by atoms with Gasteiger partial charge in [-0.2, -0.15) is 5.26 Å². The summed E-state index contributed by atoms with van der Waals surface area (Å²) in [6.45, 7) is 5.19. The molecule has 3 atom stereocenters. The Morgan fingerprint density at radius 3 is 2.56 bits per heavy atom. The van der Waals surface area contributed by atoms with Crippen LogP contribution in [-0.2, 0) is 19.4 Å². The zero-order chi connectivity index (χ0) is 14.0. The maximum atomic E-state index is 11.9. The summed E-state index contributed by atoms with van der Waals surface area (Å²) < 4.78 is 28.7. The van der Waals surface area contributed by atoms with Crippen molar-refractivity contribution >= 4 is 15.8 Å². The van der Waals surface area contributed by atoms with Crippen LogP contribution in [0.4, 0.5) is 0 Å². The highest BCUT2D eigenvalue weighted by atomic mass is 32.2. The van der Waals surface area contributed by atoms with E-state index in [9.17, 15) is 18.5 Å². The molecule has 1 aliphatic rings. The van der Waals surface area contributed by atoms with Gasteiger partial charge in [0.05, 0.1) is 17.9 Å². The number of ether oxygens (including phenoxy) is 1. The van der Waals surface area contributed by atoms with E-state index in [0.717, 1.165) is 0 Å². The van der Waals surface area contributed by atoms with E-state index in [0.29, 0.717) is 6.42 Å². The molecule has 0 aromatic rings. The Morgan fingerprint density at radius 1 is 1.50 bits per heavy atom. The lowest BCUT2D eigenvalue weighted by atomic mass is 9.80. The molecule has 0 amide bonds. The third kappa shape index (κ3) is 2.37. The highest BCUT2D eigenvalue weighted by molar-refractivity contribution is 7.92. The predicted octanol–water partition coefficient (Wildman–Crippen LogP) is 1.29. The molecule has 0 unspecified atom stereocenters. The number of nitriles is 1. The Morgan fingerprint density at radius 2 is 2.11 bits per heavy atom. The number of hydrogen-bond donors (Lipinski definition) is 0. The van der Waals surface area contributed by atoms with Gasteiger partial charge in [0.15, 0.2) is 15.3 Å². The zero-order valence-corrected chi connectivity index (χ0v) is 11.8. The summed E-state index contributed by atoms with van der Waals surface area (Å²) in [5, 5.41) is 8.68. The first-order valence-electron chi connectivity index (χ1n) is 6.14. The summed E-state index contributed by atoms with van der Waals surface area (Å²) in [5.74, 6) is -0.851. The second-order valence-corrected chi connectivity index (χ2v) is 7.29. The van der Waals surface area contributed by atoms with Crippen LogP contribution in [0, 0.1) is 22.7 Å². The Bertz CT molecular complexity index is 465. The van der Waals surface area contributed by atoms with Crippen LogP contribution in [0.25, 0.3) is 0 Å². The van der Waals surface area contributed by atoms with Gasteiger partial charge in [-0.05, 0) is 25.7 Å². The zero-order valence-electron chi connectivity index (χ0n) is 11.0. The van der Waals surface area contributed by atoms with Crippen molar-refractivity contribution in [3.05, 3.63) is 0 Å². The van der Waals surface area contributed by atoms with Crippen LogP contribution >= 0.6 is 0 Å². The SMILES string of the molecule is CCOC(=O)[C@]1(C#N)C[C@H](S(=O)(=O)CC)C[C@H]1C. The van der Waals surface area contributed by atoms with Gasteiger partial charge in [-0.25, -0.2) is 8.42 Å². The molecule has 102 valence electrons.